The van der Waals surface area contributed by atoms with Gasteiger partial charge in [0.15, 0.2) is 4.90 Å². The number of benzene rings is 2. The summed E-state index contributed by atoms with van der Waals surface area (Å²) in [4.78, 5) is 17.2. The van der Waals surface area contributed by atoms with E-state index in [0.717, 1.165) is 5.56 Å². The number of pyridine rings is 1. The standard InChI is InChI=1S/C25H23FN4O5S/c1-14-5-9-18(30-12-11-20(26)28-30)16-7-8-17(27-21(14)16)24(31)29-36(32,33)23-19(34-4)10-6-15-13-25(2,3)35-22(15)23/h5-12H,13H2,1-4H3,(H,29,31). The van der Waals surface area contributed by atoms with Crippen molar-refractivity contribution >= 4 is 26.8 Å². The van der Waals surface area contributed by atoms with E-state index in [2.05, 4.69) is 14.8 Å². The smallest absolute Gasteiger partial charge is 0.283 e. The molecule has 0 radical (unpaired) electrons. The highest BCUT2D eigenvalue weighted by atomic mass is 32.2. The maximum Gasteiger partial charge on any atom is 0.283 e. The van der Waals surface area contributed by atoms with Crippen LogP contribution in [0.15, 0.2) is 53.6 Å². The predicted molar refractivity (Wildman–Crippen MR) is 130 cm³/mol. The van der Waals surface area contributed by atoms with Crippen LogP contribution in [0.3, 0.4) is 0 Å². The van der Waals surface area contributed by atoms with E-state index in [0.29, 0.717) is 28.6 Å². The van der Waals surface area contributed by atoms with Crippen LogP contribution in [-0.2, 0) is 16.4 Å². The van der Waals surface area contributed by atoms with Crippen LogP contribution in [0.5, 0.6) is 11.5 Å². The summed E-state index contributed by atoms with van der Waals surface area (Å²) in [5.41, 5.74) is 1.77. The molecule has 0 spiro atoms. The number of aryl methyl sites for hydroxylation is 1. The molecule has 2 aromatic heterocycles. The summed E-state index contributed by atoms with van der Waals surface area (Å²) in [6.07, 6.45) is 1.98. The first kappa shape index (κ1) is 23.7. The second-order valence-corrected chi connectivity index (χ2v) is 10.8. The van der Waals surface area contributed by atoms with Gasteiger partial charge in [-0.2, -0.15) is 4.39 Å². The number of amides is 1. The zero-order chi connectivity index (χ0) is 25.8. The number of hydrogen-bond donors (Lipinski definition) is 1. The summed E-state index contributed by atoms with van der Waals surface area (Å²) >= 11 is 0. The number of nitrogens with one attached hydrogen (secondary N) is 1. The van der Waals surface area contributed by atoms with Gasteiger partial charge in [-0.1, -0.05) is 12.1 Å². The maximum absolute atomic E-state index is 13.5. The quantitative estimate of drug-likeness (QED) is 0.436. The van der Waals surface area contributed by atoms with Crippen LogP contribution in [0.25, 0.3) is 16.6 Å². The van der Waals surface area contributed by atoms with E-state index in [-0.39, 0.29) is 22.1 Å². The summed E-state index contributed by atoms with van der Waals surface area (Å²) in [6.45, 7) is 5.50. The topological polar surface area (TPSA) is 112 Å². The highest BCUT2D eigenvalue weighted by Gasteiger charge is 2.38. The maximum atomic E-state index is 13.5. The molecule has 0 saturated heterocycles. The molecule has 0 fully saturated rings. The summed E-state index contributed by atoms with van der Waals surface area (Å²) in [6, 6.07) is 11.1. The SMILES string of the molecule is COc1ccc2c(c1S(=O)(=O)NC(=O)c1ccc3c(-n4ccc(F)n4)ccc(C)c3n1)OC(C)(C)C2. The molecule has 9 nitrogen and oxygen atoms in total. The molecule has 0 bridgehead atoms. The number of hydrogen-bond acceptors (Lipinski definition) is 7. The van der Waals surface area contributed by atoms with Crippen molar-refractivity contribution in [2.24, 2.45) is 0 Å². The van der Waals surface area contributed by atoms with Gasteiger partial charge in [0.1, 0.15) is 22.8 Å². The Morgan fingerprint density at radius 1 is 1.17 bits per heavy atom. The Bertz CT molecular complexity index is 1650. The Balaban J connectivity index is 1.52. The average molecular weight is 511 g/mol. The van der Waals surface area contributed by atoms with Crippen LogP contribution in [-0.4, -0.2) is 41.8 Å². The first-order valence-electron chi connectivity index (χ1n) is 11.1. The van der Waals surface area contributed by atoms with Crippen molar-refractivity contribution in [3.63, 3.8) is 0 Å². The van der Waals surface area contributed by atoms with Gasteiger partial charge in [0.05, 0.1) is 18.3 Å². The van der Waals surface area contributed by atoms with E-state index in [1.165, 1.54) is 30.1 Å². The fourth-order valence-corrected chi connectivity index (χ4v) is 5.63. The highest BCUT2D eigenvalue weighted by Crippen LogP contribution is 2.44. The molecule has 4 aromatic rings. The zero-order valence-corrected chi connectivity index (χ0v) is 20.8. The minimum atomic E-state index is -4.38. The fourth-order valence-electron chi connectivity index (χ4n) is 4.35. The predicted octanol–water partition coefficient (Wildman–Crippen LogP) is 3.71. The van der Waals surface area contributed by atoms with Gasteiger partial charge in [0.2, 0.25) is 5.95 Å². The van der Waals surface area contributed by atoms with Gasteiger partial charge in [-0.25, -0.2) is 22.8 Å². The molecule has 36 heavy (non-hydrogen) atoms. The number of fused-ring (bicyclic) bond motifs is 2. The van der Waals surface area contributed by atoms with Crippen molar-refractivity contribution in [1.82, 2.24) is 19.5 Å². The molecular formula is C25H23FN4O5S. The molecule has 2 aromatic carbocycles. The van der Waals surface area contributed by atoms with Crippen molar-refractivity contribution in [2.45, 2.75) is 37.7 Å². The number of carbonyl (C=O) groups is 1. The number of carbonyl (C=O) groups excluding carboxylic acids is 1. The van der Waals surface area contributed by atoms with Crippen molar-refractivity contribution in [1.29, 1.82) is 0 Å². The lowest BCUT2D eigenvalue weighted by Gasteiger charge is -2.19. The third kappa shape index (κ3) is 4.05. The molecule has 1 amide bonds. The molecule has 186 valence electrons. The first-order chi connectivity index (χ1) is 17.0. The van der Waals surface area contributed by atoms with Crippen LogP contribution in [0.2, 0.25) is 0 Å². The lowest BCUT2D eigenvalue weighted by Crippen LogP contribution is -2.32. The number of sulfonamides is 1. The molecule has 11 heteroatoms. The van der Waals surface area contributed by atoms with E-state index in [4.69, 9.17) is 9.47 Å². The van der Waals surface area contributed by atoms with Gasteiger partial charge in [0.25, 0.3) is 15.9 Å². The molecule has 0 aliphatic carbocycles. The Hall–Kier alpha value is -3.99. The Morgan fingerprint density at radius 3 is 2.64 bits per heavy atom. The van der Waals surface area contributed by atoms with E-state index >= 15 is 0 Å². The lowest BCUT2D eigenvalue weighted by atomic mass is 10.0. The summed E-state index contributed by atoms with van der Waals surface area (Å²) in [7, 11) is -3.04. The van der Waals surface area contributed by atoms with Gasteiger partial charge < -0.3 is 9.47 Å². The number of ether oxygens (including phenoxy) is 2. The third-order valence-corrected chi connectivity index (χ3v) is 7.32. The Morgan fingerprint density at radius 2 is 1.94 bits per heavy atom. The van der Waals surface area contributed by atoms with Crippen LogP contribution in [0, 0.1) is 12.9 Å². The van der Waals surface area contributed by atoms with E-state index < -0.39 is 27.5 Å². The molecule has 1 aliphatic rings. The van der Waals surface area contributed by atoms with Crippen LogP contribution in [0.1, 0.15) is 35.5 Å². The van der Waals surface area contributed by atoms with Gasteiger partial charge in [0, 0.05) is 24.1 Å². The van der Waals surface area contributed by atoms with E-state index in [1.54, 1.807) is 37.3 Å². The molecule has 1 aliphatic heterocycles. The molecule has 5 rings (SSSR count). The zero-order valence-electron chi connectivity index (χ0n) is 20.0. The van der Waals surface area contributed by atoms with Gasteiger partial charge in [-0.05, 0) is 56.2 Å². The molecule has 0 saturated carbocycles. The number of rotatable bonds is 5. The average Bonchev–Trinajstić information content (AvgIpc) is 3.38. The minimum absolute atomic E-state index is 0.0603. The van der Waals surface area contributed by atoms with Crippen molar-refractivity contribution < 1.29 is 27.1 Å². The third-order valence-electron chi connectivity index (χ3n) is 5.94. The molecule has 0 unspecified atom stereocenters. The monoisotopic (exact) mass is 510 g/mol. The van der Waals surface area contributed by atoms with Crippen LogP contribution < -0.4 is 14.2 Å². The minimum Gasteiger partial charge on any atom is -0.495 e. The van der Waals surface area contributed by atoms with Crippen LogP contribution in [0.4, 0.5) is 4.39 Å². The Labute approximate surface area is 206 Å². The Kier molecular flexibility index (Phi) is 5.47. The van der Waals surface area contributed by atoms with E-state index in [1.807, 2.05) is 13.8 Å². The second-order valence-electron chi connectivity index (χ2n) is 9.14. The summed E-state index contributed by atoms with van der Waals surface area (Å²) in [5.74, 6) is -1.32. The largest absolute Gasteiger partial charge is 0.495 e. The van der Waals surface area contributed by atoms with Gasteiger partial charge in [-0.15, -0.1) is 5.10 Å². The number of nitrogens with zero attached hydrogens (tertiary/aromatic N) is 3. The first-order valence-corrected chi connectivity index (χ1v) is 12.6. The molecule has 0 atom stereocenters. The number of halogens is 1. The summed E-state index contributed by atoms with van der Waals surface area (Å²) < 4.78 is 54.9. The van der Waals surface area contributed by atoms with Crippen molar-refractivity contribution in [3.8, 4) is 17.2 Å². The molecule has 1 N–H and O–H groups in total. The van der Waals surface area contributed by atoms with Crippen molar-refractivity contribution in [2.75, 3.05) is 7.11 Å². The van der Waals surface area contributed by atoms with Gasteiger partial charge >= 0.3 is 0 Å². The van der Waals surface area contributed by atoms with Gasteiger partial charge in [-0.3, -0.25) is 4.79 Å². The lowest BCUT2D eigenvalue weighted by molar-refractivity contribution is 0.0977. The van der Waals surface area contributed by atoms with E-state index in [9.17, 15) is 17.6 Å². The number of methoxy groups -OCH3 is 1. The van der Waals surface area contributed by atoms with Crippen LogP contribution >= 0.6 is 0 Å². The highest BCUT2D eigenvalue weighted by molar-refractivity contribution is 7.90. The van der Waals surface area contributed by atoms with Crippen molar-refractivity contribution in [3.05, 3.63) is 71.4 Å². The fraction of sp³-hybridized carbons (Fsp3) is 0.240. The summed E-state index contributed by atoms with van der Waals surface area (Å²) in [5, 5.41) is 4.42. The molecule has 3 heterocycles. The second kappa shape index (κ2) is 8.30. The molecular weight excluding hydrogens is 487 g/mol. The normalized spacial score (nSPS) is 14.4. The number of aromatic nitrogens is 3.